The van der Waals surface area contributed by atoms with Crippen molar-refractivity contribution in [3.8, 4) is 0 Å². The van der Waals surface area contributed by atoms with Gasteiger partial charge in [-0.05, 0) is 54.8 Å². The first kappa shape index (κ1) is 14.6. The van der Waals surface area contributed by atoms with Crippen LogP contribution in [0.5, 0.6) is 0 Å². The molecule has 0 saturated heterocycles. The van der Waals surface area contributed by atoms with E-state index in [-0.39, 0.29) is 5.41 Å². The van der Waals surface area contributed by atoms with Crippen molar-refractivity contribution in [3.63, 3.8) is 0 Å². The molecule has 1 aromatic heterocycles. The Morgan fingerprint density at radius 3 is 2.57 bits per heavy atom. The zero-order valence-electron chi connectivity index (χ0n) is 13.8. The predicted molar refractivity (Wildman–Crippen MR) is 94.1 cm³/mol. The summed E-state index contributed by atoms with van der Waals surface area (Å²) >= 11 is 1.89. The summed E-state index contributed by atoms with van der Waals surface area (Å²) in [5.41, 5.74) is 5.76. The van der Waals surface area contributed by atoms with Crippen molar-refractivity contribution in [2.24, 2.45) is 0 Å². The van der Waals surface area contributed by atoms with Crippen molar-refractivity contribution in [2.75, 3.05) is 7.05 Å². The van der Waals surface area contributed by atoms with Gasteiger partial charge < -0.3 is 4.90 Å². The van der Waals surface area contributed by atoms with Crippen LogP contribution in [0.3, 0.4) is 0 Å². The molecule has 1 nitrogen and oxygen atoms in total. The molecular formula is C19H25NS. The van der Waals surface area contributed by atoms with Gasteiger partial charge in [0.15, 0.2) is 0 Å². The number of benzene rings is 1. The molecule has 1 aliphatic heterocycles. The zero-order chi connectivity index (χ0) is 15.4. The molecule has 1 aromatic carbocycles. The van der Waals surface area contributed by atoms with E-state index >= 15 is 0 Å². The molecule has 0 saturated carbocycles. The lowest BCUT2D eigenvalue weighted by molar-refractivity contribution is 0.268. The zero-order valence-corrected chi connectivity index (χ0v) is 14.6. The van der Waals surface area contributed by atoms with Crippen LogP contribution >= 0.6 is 11.3 Å². The van der Waals surface area contributed by atoms with Crippen LogP contribution < -0.4 is 0 Å². The highest BCUT2D eigenvalue weighted by molar-refractivity contribution is 7.17. The third kappa shape index (κ3) is 1.75. The van der Waals surface area contributed by atoms with Gasteiger partial charge in [0.25, 0.3) is 0 Å². The van der Waals surface area contributed by atoms with E-state index in [1.807, 2.05) is 11.3 Å². The molecule has 1 aliphatic rings. The van der Waals surface area contributed by atoms with Gasteiger partial charge >= 0.3 is 0 Å². The van der Waals surface area contributed by atoms with E-state index in [0.717, 1.165) is 12.8 Å². The van der Waals surface area contributed by atoms with Crippen molar-refractivity contribution in [1.82, 2.24) is 4.90 Å². The summed E-state index contributed by atoms with van der Waals surface area (Å²) in [4.78, 5) is 2.40. The molecule has 2 heterocycles. The maximum Gasteiger partial charge on any atom is 0.0517 e. The number of likely N-dealkylation sites (N-methyl/N-ethyl adjacent to an activating group) is 1. The average molecular weight is 299 g/mol. The van der Waals surface area contributed by atoms with Crippen molar-refractivity contribution >= 4 is 21.4 Å². The van der Waals surface area contributed by atoms with Crippen LogP contribution in [0, 0.1) is 6.92 Å². The molecule has 0 amide bonds. The van der Waals surface area contributed by atoms with Gasteiger partial charge in [0, 0.05) is 28.2 Å². The summed E-state index contributed by atoms with van der Waals surface area (Å²) in [6, 6.07) is 4.95. The first-order valence-corrected chi connectivity index (χ1v) is 8.79. The molecule has 112 valence electrons. The quantitative estimate of drug-likeness (QED) is 0.678. The van der Waals surface area contributed by atoms with Gasteiger partial charge in [0.05, 0.1) is 6.04 Å². The van der Waals surface area contributed by atoms with Crippen LogP contribution in [0.2, 0.25) is 0 Å². The Morgan fingerprint density at radius 1 is 1.29 bits per heavy atom. The summed E-state index contributed by atoms with van der Waals surface area (Å²) < 4.78 is 1.42. The van der Waals surface area contributed by atoms with Crippen LogP contribution in [0.25, 0.3) is 10.1 Å². The van der Waals surface area contributed by atoms with Gasteiger partial charge in [-0.2, -0.15) is 0 Å². The van der Waals surface area contributed by atoms with Gasteiger partial charge in [-0.1, -0.05) is 26.5 Å². The third-order valence-corrected chi connectivity index (χ3v) is 6.65. The van der Waals surface area contributed by atoms with E-state index in [1.54, 1.807) is 0 Å². The molecule has 0 N–H and O–H groups in total. The lowest BCUT2D eigenvalue weighted by atomic mass is 9.73. The smallest absolute Gasteiger partial charge is 0.0517 e. The van der Waals surface area contributed by atoms with Crippen LogP contribution in [0.15, 0.2) is 29.8 Å². The number of allylic oxidation sites excluding steroid dienone is 1. The summed E-state index contributed by atoms with van der Waals surface area (Å²) in [6.45, 7) is 13.7. The largest absolute Gasteiger partial charge is 0.371 e. The Bertz CT molecular complexity index is 706. The second-order valence-corrected chi connectivity index (χ2v) is 7.25. The molecule has 0 spiro atoms. The summed E-state index contributed by atoms with van der Waals surface area (Å²) in [5.74, 6) is 0. The van der Waals surface area contributed by atoms with Crippen molar-refractivity contribution < 1.29 is 0 Å². The van der Waals surface area contributed by atoms with Crippen LogP contribution in [-0.2, 0) is 5.41 Å². The molecule has 21 heavy (non-hydrogen) atoms. The highest BCUT2D eigenvalue weighted by Crippen LogP contribution is 2.51. The van der Waals surface area contributed by atoms with E-state index in [0.29, 0.717) is 6.04 Å². The fraction of sp³-hybridized carbons (Fsp3) is 0.474. The van der Waals surface area contributed by atoms with Crippen molar-refractivity contribution in [2.45, 2.75) is 52.0 Å². The number of thiophene rings is 1. The van der Waals surface area contributed by atoms with E-state index in [1.165, 1.54) is 32.5 Å². The van der Waals surface area contributed by atoms with Gasteiger partial charge in [0.2, 0.25) is 0 Å². The van der Waals surface area contributed by atoms with Crippen LogP contribution in [0.1, 0.15) is 56.3 Å². The Hall–Kier alpha value is -1.28. The maximum atomic E-state index is 4.51. The molecule has 0 aliphatic carbocycles. The maximum absolute atomic E-state index is 4.51. The monoisotopic (exact) mass is 299 g/mol. The Labute approximate surface area is 132 Å². The average Bonchev–Trinajstić information content (AvgIpc) is 2.89. The summed E-state index contributed by atoms with van der Waals surface area (Å²) in [7, 11) is 2.21. The number of hydrogen-bond donors (Lipinski definition) is 0. The van der Waals surface area contributed by atoms with E-state index < -0.39 is 0 Å². The first-order valence-electron chi connectivity index (χ1n) is 7.91. The molecule has 0 radical (unpaired) electrons. The van der Waals surface area contributed by atoms with E-state index in [9.17, 15) is 0 Å². The molecule has 3 rings (SSSR count). The lowest BCUT2D eigenvalue weighted by Crippen LogP contribution is -2.34. The molecule has 1 atom stereocenters. The number of aryl methyl sites for hydroxylation is 1. The molecule has 2 heteroatoms. The van der Waals surface area contributed by atoms with Gasteiger partial charge in [-0.15, -0.1) is 11.3 Å². The molecule has 2 aromatic rings. The first-order chi connectivity index (χ1) is 9.97. The van der Waals surface area contributed by atoms with Crippen LogP contribution in [0.4, 0.5) is 0 Å². The fourth-order valence-corrected chi connectivity index (χ4v) is 5.18. The Kier molecular flexibility index (Phi) is 3.40. The van der Waals surface area contributed by atoms with Crippen molar-refractivity contribution in [1.29, 1.82) is 0 Å². The molecular weight excluding hydrogens is 274 g/mol. The second kappa shape index (κ2) is 4.88. The number of hydrogen-bond acceptors (Lipinski definition) is 2. The number of rotatable bonds is 2. The minimum absolute atomic E-state index is 0.0836. The standard InChI is InChI=1S/C19H25NS/c1-7-19(8-2)14(5)20(6)13(4)17-12(3)9-10-16-18(17)15(19)11-21-16/h9-11,13H,5,7-8H2,1-4,6H3. The molecule has 0 bridgehead atoms. The van der Waals surface area contributed by atoms with Crippen LogP contribution in [-0.4, -0.2) is 11.9 Å². The SMILES string of the molecule is C=C1N(C)C(C)c2c(C)ccc3scc(c23)C1(CC)CC. The number of nitrogens with zero attached hydrogens (tertiary/aromatic N) is 1. The fourth-order valence-electron chi connectivity index (χ4n) is 4.11. The molecule has 1 unspecified atom stereocenters. The summed E-state index contributed by atoms with van der Waals surface area (Å²) in [6.07, 6.45) is 2.22. The summed E-state index contributed by atoms with van der Waals surface area (Å²) in [5, 5.41) is 3.89. The Morgan fingerprint density at radius 2 is 1.95 bits per heavy atom. The van der Waals surface area contributed by atoms with E-state index in [2.05, 4.69) is 63.7 Å². The minimum Gasteiger partial charge on any atom is -0.371 e. The predicted octanol–water partition coefficient (Wildman–Crippen LogP) is 5.79. The lowest BCUT2D eigenvalue weighted by Gasteiger charge is -2.39. The second-order valence-electron chi connectivity index (χ2n) is 6.34. The van der Waals surface area contributed by atoms with Crippen molar-refractivity contribution in [3.05, 3.63) is 46.5 Å². The third-order valence-electron chi connectivity index (χ3n) is 5.70. The Balaban J connectivity index is 2.47. The highest BCUT2D eigenvalue weighted by Gasteiger charge is 2.40. The van der Waals surface area contributed by atoms with Gasteiger partial charge in [-0.25, -0.2) is 0 Å². The van der Waals surface area contributed by atoms with Gasteiger partial charge in [0.1, 0.15) is 0 Å². The van der Waals surface area contributed by atoms with E-state index in [4.69, 9.17) is 0 Å². The topological polar surface area (TPSA) is 3.24 Å². The minimum atomic E-state index is 0.0836. The molecule has 0 fully saturated rings. The highest BCUT2D eigenvalue weighted by atomic mass is 32.1. The van der Waals surface area contributed by atoms with Gasteiger partial charge in [-0.3, -0.25) is 0 Å². The normalized spacial score (nSPS) is 20.9.